The number of fused-ring (bicyclic) bond motifs is 1. The zero-order valence-corrected chi connectivity index (χ0v) is 10.7. The fraction of sp³-hybridized carbons (Fsp3) is 0.429. The van der Waals surface area contributed by atoms with Crippen LogP contribution in [0.1, 0.15) is 18.5 Å². The Morgan fingerprint density at radius 1 is 1.37 bits per heavy atom. The van der Waals surface area contributed by atoms with Crippen LogP contribution in [0.3, 0.4) is 0 Å². The van der Waals surface area contributed by atoms with Gasteiger partial charge in [-0.05, 0) is 38.1 Å². The van der Waals surface area contributed by atoms with Crippen LogP contribution in [0.15, 0.2) is 28.8 Å². The zero-order valence-electron chi connectivity index (χ0n) is 10.7. The molecule has 1 aliphatic heterocycles. The molecule has 2 aromatic rings. The number of benzene rings is 1. The maximum Gasteiger partial charge on any atom is 0.226 e. The second kappa shape index (κ2) is 5.40. The van der Waals surface area contributed by atoms with Gasteiger partial charge in [0.05, 0.1) is 6.42 Å². The number of nitrogens with zero attached hydrogens (tertiary/aromatic N) is 1. The summed E-state index contributed by atoms with van der Waals surface area (Å²) in [6, 6.07) is 7.89. The van der Waals surface area contributed by atoms with Crippen molar-refractivity contribution in [2.75, 3.05) is 13.1 Å². The van der Waals surface area contributed by atoms with Crippen LogP contribution in [0.2, 0.25) is 0 Å². The highest BCUT2D eigenvalue weighted by atomic mass is 16.5. The molecule has 3 rings (SSSR count). The summed E-state index contributed by atoms with van der Waals surface area (Å²) in [6.07, 6.45) is 2.26. The molecule has 100 valence electrons. The van der Waals surface area contributed by atoms with Gasteiger partial charge in [-0.15, -0.1) is 0 Å². The largest absolute Gasteiger partial charge is 0.356 e. The van der Waals surface area contributed by atoms with Crippen LogP contribution in [0.4, 0.5) is 0 Å². The first-order valence-electron chi connectivity index (χ1n) is 6.66. The molecule has 2 N–H and O–H groups in total. The number of rotatable bonds is 3. The Bertz CT molecular complexity index is 573. The second-order valence-corrected chi connectivity index (χ2v) is 4.89. The number of nitrogens with one attached hydrogen (secondary N) is 2. The maximum absolute atomic E-state index is 12.0. The van der Waals surface area contributed by atoms with Gasteiger partial charge in [-0.2, -0.15) is 0 Å². The van der Waals surface area contributed by atoms with Gasteiger partial charge in [0.15, 0.2) is 5.58 Å². The van der Waals surface area contributed by atoms with Crippen molar-refractivity contribution in [3.63, 3.8) is 0 Å². The van der Waals surface area contributed by atoms with E-state index in [1.807, 2.05) is 24.3 Å². The molecule has 1 saturated heterocycles. The van der Waals surface area contributed by atoms with Gasteiger partial charge < -0.3 is 15.2 Å². The molecule has 1 fully saturated rings. The second-order valence-electron chi connectivity index (χ2n) is 4.89. The lowest BCUT2D eigenvalue weighted by Crippen LogP contribution is -2.43. The van der Waals surface area contributed by atoms with E-state index in [0.29, 0.717) is 5.69 Å². The van der Waals surface area contributed by atoms with E-state index in [1.54, 1.807) is 0 Å². The van der Waals surface area contributed by atoms with Crippen LogP contribution in [0.5, 0.6) is 0 Å². The molecule has 0 radical (unpaired) electrons. The van der Waals surface area contributed by atoms with Crippen molar-refractivity contribution in [3.8, 4) is 0 Å². The molecule has 1 aliphatic rings. The number of hydrogen-bond donors (Lipinski definition) is 2. The number of amides is 1. The predicted molar refractivity (Wildman–Crippen MR) is 71.7 cm³/mol. The lowest BCUT2D eigenvalue weighted by molar-refractivity contribution is -0.121. The SMILES string of the molecule is O=C(Cc1noc2ccccc12)NC1CCNCC1. The summed E-state index contributed by atoms with van der Waals surface area (Å²) in [7, 11) is 0. The number of aromatic nitrogens is 1. The van der Waals surface area contributed by atoms with Gasteiger partial charge in [0.2, 0.25) is 5.91 Å². The van der Waals surface area contributed by atoms with Gasteiger partial charge in [-0.25, -0.2) is 0 Å². The zero-order chi connectivity index (χ0) is 13.1. The van der Waals surface area contributed by atoms with Gasteiger partial charge in [-0.3, -0.25) is 4.79 Å². The summed E-state index contributed by atoms with van der Waals surface area (Å²) in [6.45, 7) is 1.94. The van der Waals surface area contributed by atoms with Crippen LogP contribution in [0.25, 0.3) is 11.0 Å². The molecule has 5 nitrogen and oxygen atoms in total. The van der Waals surface area contributed by atoms with E-state index in [4.69, 9.17) is 4.52 Å². The quantitative estimate of drug-likeness (QED) is 0.870. The van der Waals surface area contributed by atoms with E-state index < -0.39 is 0 Å². The van der Waals surface area contributed by atoms with Crippen molar-refractivity contribution in [1.29, 1.82) is 0 Å². The molecule has 2 heterocycles. The summed E-state index contributed by atoms with van der Waals surface area (Å²) in [4.78, 5) is 12.0. The minimum atomic E-state index is 0.0194. The van der Waals surface area contributed by atoms with Crippen LogP contribution in [-0.2, 0) is 11.2 Å². The minimum absolute atomic E-state index is 0.0194. The molecule has 0 unspecified atom stereocenters. The Morgan fingerprint density at radius 2 is 2.16 bits per heavy atom. The third-order valence-corrected chi connectivity index (χ3v) is 3.48. The van der Waals surface area contributed by atoms with Crippen molar-refractivity contribution in [1.82, 2.24) is 15.8 Å². The van der Waals surface area contributed by atoms with Crippen LogP contribution in [-0.4, -0.2) is 30.2 Å². The Kier molecular flexibility index (Phi) is 3.46. The fourth-order valence-electron chi connectivity index (χ4n) is 2.46. The first-order valence-corrected chi connectivity index (χ1v) is 6.66. The monoisotopic (exact) mass is 259 g/mol. The van der Waals surface area contributed by atoms with Gasteiger partial charge in [0.1, 0.15) is 5.69 Å². The van der Waals surface area contributed by atoms with Crippen molar-refractivity contribution in [3.05, 3.63) is 30.0 Å². The lowest BCUT2D eigenvalue weighted by Gasteiger charge is -2.23. The molecule has 0 atom stereocenters. The van der Waals surface area contributed by atoms with Crippen molar-refractivity contribution >= 4 is 16.9 Å². The number of carbonyl (C=O) groups is 1. The van der Waals surface area contributed by atoms with E-state index in [0.717, 1.165) is 36.9 Å². The van der Waals surface area contributed by atoms with Gasteiger partial charge in [0, 0.05) is 11.4 Å². The van der Waals surface area contributed by atoms with Crippen molar-refractivity contribution < 1.29 is 9.32 Å². The lowest BCUT2D eigenvalue weighted by atomic mass is 10.1. The van der Waals surface area contributed by atoms with E-state index in [2.05, 4.69) is 15.8 Å². The molecule has 0 aliphatic carbocycles. The highest BCUT2D eigenvalue weighted by molar-refractivity contribution is 5.86. The fourth-order valence-corrected chi connectivity index (χ4v) is 2.46. The van der Waals surface area contributed by atoms with E-state index in [9.17, 15) is 4.79 Å². The highest BCUT2D eigenvalue weighted by Crippen LogP contribution is 2.18. The first kappa shape index (κ1) is 12.2. The van der Waals surface area contributed by atoms with Crippen LogP contribution >= 0.6 is 0 Å². The van der Waals surface area contributed by atoms with Crippen molar-refractivity contribution in [2.24, 2.45) is 0 Å². The maximum atomic E-state index is 12.0. The van der Waals surface area contributed by atoms with Gasteiger partial charge in [0.25, 0.3) is 0 Å². The van der Waals surface area contributed by atoms with E-state index in [-0.39, 0.29) is 18.4 Å². The Labute approximate surface area is 111 Å². The third kappa shape index (κ3) is 2.76. The molecule has 1 amide bonds. The van der Waals surface area contributed by atoms with Crippen LogP contribution in [0, 0.1) is 0 Å². The predicted octanol–water partition coefficient (Wildman–Crippen LogP) is 1.24. The molecule has 5 heteroatoms. The number of carbonyl (C=O) groups excluding carboxylic acids is 1. The highest BCUT2D eigenvalue weighted by Gasteiger charge is 2.17. The molecular weight excluding hydrogens is 242 g/mol. The number of para-hydroxylation sites is 1. The van der Waals surface area contributed by atoms with Crippen molar-refractivity contribution in [2.45, 2.75) is 25.3 Å². The Morgan fingerprint density at radius 3 is 3.00 bits per heavy atom. The molecule has 1 aromatic heterocycles. The summed E-state index contributed by atoms with van der Waals surface area (Å²) >= 11 is 0. The molecule has 0 saturated carbocycles. The number of piperidine rings is 1. The normalized spacial score (nSPS) is 16.6. The first-order chi connectivity index (χ1) is 9.33. The molecular formula is C14H17N3O2. The topological polar surface area (TPSA) is 67.2 Å². The third-order valence-electron chi connectivity index (χ3n) is 3.48. The molecule has 0 spiro atoms. The number of hydrogen-bond acceptors (Lipinski definition) is 4. The average Bonchev–Trinajstić information content (AvgIpc) is 2.83. The molecule has 19 heavy (non-hydrogen) atoms. The Balaban J connectivity index is 1.65. The summed E-state index contributed by atoms with van der Waals surface area (Å²) in [5, 5.41) is 11.2. The summed E-state index contributed by atoms with van der Waals surface area (Å²) in [5.74, 6) is 0.0194. The average molecular weight is 259 g/mol. The van der Waals surface area contributed by atoms with Gasteiger partial charge in [-0.1, -0.05) is 17.3 Å². The van der Waals surface area contributed by atoms with Crippen LogP contribution < -0.4 is 10.6 Å². The summed E-state index contributed by atoms with van der Waals surface area (Å²) < 4.78 is 5.20. The Hall–Kier alpha value is -1.88. The van der Waals surface area contributed by atoms with Gasteiger partial charge >= 0.3 is 0 Å². The smallest absolute Gasteiger partial charge is 0.226 e. The molecule has 1 aromatic carbocycles. The van der Waals surface area contributed by atoms with E-state index >= 15 is 0 Å². The standard InChI is InChI=1S/C14H17N3O2/c18-14(16-10-5-7-15-8-6-10)9-12-11-3-1-2-4-13(11)19-17-12/h1-4,10,15H,5-9H2,(H,16,18). The van der Waals surface area contributed by atoms with E-state index in [1.165, 1.54) is 0 Å². The minimum Gasteiger partial charge on any atom is -0.356 e. The summed E-state index contributed by atoms with van der Waals surface area (Å²) in [5.41, 5.74) is 1.44. The molecule has 0 bridgehead atoms.